The molecule has 0 radical (unpaired) electrons. The van der Waals surface area contributed by atoms with Gasteiger partial charge >= 0.3 is 0 Å². The fraction of sp³-hybridized carbons (Fsp3) is 0.0667. The molecule has 0 aliphatic heterocycles. The Labute approximate surface area is 91.0 Å². The average Bonchev–Trinajstić information content (AvgIpc) is 2.81. The van der Waals surface area contributed by atoms with Gasteiger partial charge in [-0.3, -0.25) is 0 Å². The van der Waals surface area contributed by atoms with E-state index in [0.29, 0.717) is 5.92 Å². The van der Waals surface area contributed by atoms with Crippen molar-refractivity contribution >= 4 is 6.08 Å². The van der Waals surface area contributed by atoms with E-state index in [-0.39, 0.29) is 0 Å². The van der Waals surface area contributed by atoms with Gasteiger partial charge < -0.3 is 0 Å². The van der Waals surface area contributed by atoms with Crippen LogP contribution >= 0.6 is 0 Å². The van der Waals surface area contributed by atoms with Crippen molar-refractivity contribution in [1.29, 1.82) is 0 Å². The molecule has 0 bridgehead atoms. The molecule has 1 aliphatic carbocycles. The first-order chi connectivity index (χ1) is 7.36. The van der Waals surface area contributed by atoms with E-state index in [1.165, 1.54) is 5.56 Å². The van der Waals surface area contributed by atoms with Crippen molar-refractivity contribution in [3.8, 4) is 0 Å². The van der Waals surface area contributed by atoms with Crippen molar-refractivity contribution in [1.82, 2.24) is 0 Å². The molecule has 0 fully saturated rings. The van der Waals surface area contributed by atoms with Crippen LogP contribution in [0.2, 0.25) is 0 Å². The Bertz CT molecular complexity index is 407. The molecule has 0 saturated heterocycles. The third-order valence-corrected chi connectivity index (χ3v) is 2.47. The first-order valence-corrected chi connectivity index (χ1v) is 5.13. The van der Waals surface area contributed by atoms with E-state index in [0.717, 1.165) is 5.57 Å². The molecule has 0 aromatic heterocycles. The van der Waals surface area contributed by atoms with Gasteiger partial charge in [0, 0.05) is 5.92 Å². The summed E-state index contributed by atoms with van der Waals surface area (Å²) in [5.41, 5.74) is 2.34. The minimum Gasteiger partial charge on any atom is -0.0949 e. The Morgan fingerprint density at radius 1 is 1.07 bits per heavy atom. The van der Waals surface area contributed by atoms with Crippen LogP contribution in [0.25, 0.3) is 6.08 Å². The first kappa shape index (κ1) is 9.72. The molecule has 0 saturated carbocycles. The van der Waals surface area contributed by atoms with E-state index < -0.39 is 0 Å². The van der Waals surface area contributed by atoms with E-state index in [2.05, 4.69) is 55.2 Å². The second-order valence-electron chi connectivity index (χ2n) is 3.61. The molecule has 15 heavy (non-hydrogen) atoms. The van der Waals surface area contributed by atoms with Crippen LogP contribution in [-0.2, 0) is 0 Å². The molecule has 2 rings (SSSR count). The third-order valence-electron chi connectivity index (χ3n) is 2.47. The quantitative estimate of drug-likeness (QED) is 0.638. The van der Waals surface area contributed by atoms with Crippen LogP contribution in [0.15, 0.2) is 72.9 Å². The van der Waals surface area contributed by atoms with Gasteiger partial charge in [-0.05, 0) is 11.1 Å². The number of hydrogen-bond acceptors (Lipinski definition) is 0. The van der Waals surface area contributed by atoms with Crippen LogP contribution in [-0.4, -0.2) is 0 Å². The highest BCUT2D eigenvalue weighted by molar-refractivity contribution is 5.53. The number of rotatable bonds is 3. The zero-order chi connectivity index (χ0) is 10.5. The summed E-state index contributed by atoms with van der Waals surface area (Å²) in [7, 11) is 0. The van der Waals surface area contributed by atoms with Crippen molar-refractivity contribution < 1.29 is 0 Å². The van der Waals surface area contributed by atoms with E-state index in [4.69, 9.17) is 0 Å². The highest BCUT2D eigenvalue weighted by Crippen LogP contribution is 2.19. The number of benzene rings is 1. The van der Waals surface area contributed by atoms with Crippen LogP contribution < -0.4 is 0 Å². The third kappa shape index (κ3) is 2.57. The Hall–Kier alpha value is -1.82. The summed E-state index contributed by atoms with van der Waals surface area (Å²) < 4.78 is 0. The smallest absolute Gasteiger partial charge is 0.0198 e. The topological polar surface area (TPSA) is 0 Å². The van der Waals surface area contributed by atoms with Crippen molar-refractivity contribution in [2.45, 2.75) is 0 Å². The molecule has 0 nitrogen and oxygen atoms in total. The van der Waals surface area contributed by atoms with Crippen molar-refractivity contribution in [2.75, 3.05) is 0 Å². The molecule has 1 aromatic rings. The van der Waals surface area contributed by atoms with Crippen molar-refractivity contribution in [3.63, 3.8) is 0 Å². The summed E-state index contributed by atoms with van der Waals surface area (Å²) in [6.45, 7) is 4.06. The number of allylic oxidation sites excluding steroid dienone is 6. The lowest BCUT2D eigenvalue weighted by atomic mass is 10.0. The van der Waals surface area contributed by atoms with Gasteiger partial charge in [-0.1, -0.05) is 73.4 Å². The van der Waals surface area contributed by atoms with Gasteiger partial charge in [-0.25, -0.2) is 0 Å². The second kappa shape index (κ2) is 4.61. The minimum absolute atomic E-state index is 0.380. The van der Waals surface area contributed by atoms with Gasteiger partial charge in [0.25, 0.3) is 0 Å². The van der Waals surface area contributed by atoms with Crippen LogP contribution in [0.4, 0.5) is 0 Å². The lowest BCUT2D eigenvalue weighted by Gasteiger charge is -2.03. The average molecular weight is 194 g/mol. The fourth-order valence-corrected chi connectivity index (χ4v) is 1.56. The highest BCUT2D eigenvalue weighted by atomic mass is 14.1. The summed E-state index contributed by atoms with van der Waals surface area (Å²) in [6.07, 6.45) is 12.6. The zero-order valence-electron chi connectivity index (χ0n) is 8.64. The van der Waals surface area contributed by atoms with E-state index in [1.807, 2.05) is 18.2 Å². The molecule has 0 unspecified atom stereocenters. The zero-order valence-corrected chi connectivity index (χ0v) is 8.64. The molecule has 0 atom stereocenters. The van der Waals surface area contributed by atoms with E-state index in [1.54, 1.807) is 0 Å². The highest BCUT2D eigenvalue weighted by Gasteiger charge is 2.04. The SMILES string of the molecule is C=C(C=Cc1ccccc1)C1C=CC=C1. The van der Waals surface area contributed by atoms with Gasteiger partial charge in [-0.15, -0.1) is 0 Å². The van der Waals surface area contributed by atoms with Crippen molar-refractivity contribution in [3.05, 3.63) is 78.4 Å². The molecule has 0 amide bonds. The van der Waals surface area contributed by atoms with Crippen LogP contribution in [0.1, 0.15) is 5.56 Å². The molecular formula is C15H14. The predicted octanol–water partition coefficient (Wildman–Crippen LogP) is 4.00. The minimum atomic E-state index is 0.380. The summed E-state index contributed by atoms with van der Waals surface area (Å²) in [5.74, 6) is 0.380. The monoisotopic (exact) mass is 194 g/mol. The molecule has 74 valence electrons. The molecule has 0 heteroatoms. The Kier molecular flexibility index (Phi) is 2.99. The first-order valence-electron chi connectivity index (χ1n) is 5.13. The maximum atomic E-state index is 4.06. The van der Waals surface area contributed by atoms with E-state index in [9.17, 15) is 0 Å². The van der Waals surface area contributed by atoms with Gasteiger partial charge in [0.1, 0.15) is 0 Å². The molecule has 1 aromatic carbocycles. The standard InChI is InChI=1S/C15H14/c1-13(15-9-5-6-10-15)11-12-14-7-3-2-4-8-14/h2-12,15H,1H2. The molecular weight excluding hydrogens is 180 g/mol. The van der Waals surface area contributed by atoms with Gasteiger partial charge in [-0.2, -0.15) is 0 Å². The Morgan fingerprint density at radius 3 is 2.40 bits per heavy atom. The lowest BCUT2D eigenvalue weighted by molar-refractivity contribution is 1.03. The van der Waals surface area contributed by atoms with Crippen LogP contribution in [0.5, 0.6) is 0 Å². The maximum Gasteiger partial charge on any atom is 0.0198 e. The largest absolute Gasteiger partial charge is 0.0949 e. The lowest BCUT2D eigenvalue weighted by Crippen LogP contribution is -1.89. The summed E-state index contributed by atoms with van der Waals surface area (Å²) in [4.78, 5) is 0. The molecule has 0 N–H and O–H groups in total. The van der Waals surface area contributed by atoms with E-state index >= 15 is 0 Å². The van der Waals surface area contributed by atoms with Gasteiger partial charge in [0.05, 0.1) is 0 Å². The molecule has 1 aliphatic rings. The maximum absolute atomic E-state index is 4.06. The number of hydrogen-bond donors (Lipinski definition) is 0. The molecule has 0 spiro atoms. The summed E-state index contributed by atoms with van der Waals surface area (Å²) in [5, 5.41) is 0. The summed E-state index contributed by atoms with van der Waals surface area (Å²) >= 11 is 0. The van der Waals surface area contributed by atoms with Gasteiger partial charge in [0.15, 0.2) is 0 Å². The molecule has 0 heterocycles. The summed E-state index contributed by atoms with van der Waals surface area (Å²) in [6, 6.07) is 10.3. The second-order valence-corrected chi connectivity index (χ2v) is 3.61. The Morgan fingerprint density at radius 2 is 1.73 bits per heavy atom. The van der Waals surface area contributed by atoms with Crippen LogP contribution in [0.3, 0.4) is 0 Å². The predicted molar refractivity (Wildman–Crippen MR) is 66.4 cm³/mol. The van der Waals surface area contributed by atoms with Crippen molar-refractivity contribution in [2.24, 2.45) is 5.92 Å². The fourth-order valence-electron chi connectivity index (χ4n) is 1.56. The Balaban J connectivity index is 2.03. The normalized spacial score (nSPS) is 15.2. The van der Waals surface area contributed by atoms with Crippen LogP contribution in [0, 0.1) is 5.92 Å². The van der Waals surface area contributed by atoms with Gasteiger partial charge in [0.2, 0.25) is 0 Å².